The van der Waals surface area contributed by atoms with Crippen molar-refractivity contribution in [3.8, 4) is 0 Å². The molecule has 0 spiro atoms. The Bertz CT molecular complexity index is 1310. The Morgan fingerprint density at radius 1 is 1.06 bits per heavy atom. The first-order valence-electron chi connectivity index (χ1n) is 10.5. The van der Waals surface area contributed by atoms with E-state index < -0.39 is 12.2 Å². The van der Waals surface area contributed by atoms with Crippen LogP contribution in [0, 0.1) is 0 Å². The zero-order valence-electron chi connectivity index (χ0n) is 17.9. The Balaban J connectivity index is 1.52. The van der Waals surface area contributed by atoms with Gasteiger partial charge in [-0.2, -0.15) is 0 Å². The Kier molecular flexibility index (Phi) is 6.53. The van der Waals surface area contributed by atoms with Crippen LogP contribution in [-0.4, -0.2) is 33.5 Å². The van der Waals surface area contributed by atoms with E-state index in [1.54, 1.807) is 30.6 Å². The van der Waals surface area contributed by atoms with Crippen molar-refractivity contribution in [2.45, 2.75) is 26.7 Å². The molecular weight excluding hydrogens is 408 g/mol. The fourth-order valence-electron chi connectivity index (χ4n) is 3.42. The average Bonchev–Trinajstić information content (AvgIpc) is 2.82. The molecule has 164 valence electrons. The van der Waals surface area contributed by atoms with Crippen molar-refractivity contribution in [2.24, 2.45) is 0 Å². The van der Waals surface area contributed by atoms with E-state index in [4.69, 9.17) is 9.47 Å². The minimum atomic E-state index is -0.433. The monoisotopic (exact) mass is 432 g/mol. The molecule has 0 unspecified atom stereocenters. The highest BCUT2D eigenvalue weighted by Gasteiger charge is 2.13. The molecule has 0 atom stereocenters. The van der Waals surface area contributed by atoms with Crippen LogP contribution in [0.15, 0.2) is 65.7 Å². The van der Waals surface area contributed by atoms with Crippen LogP contribution in [0.1, 0.15) is 41.9 Å². The van der Waals surface area contributed by atoms with E-state index in [1.165, 1.54) is 10.5 Å². The SMILES string of the molecule is CCOC(OCC)c1ccc2cnc(CNC(=O)c3cc(=O)n4ccccc4n3)cc2c1. The smallest absolute Gasteiger partial charge is 0.270 e. The average molecular weight is 432 g/mol. The van der Waals surface area contributed by atoms with Gasteiger partial charge in [0.2, 0.25) is 0 Å². The van der Waals surface area contributed by atoms with Crippen LogP contribution in [0.25, 0.3) is 16.4 Å². The topological polar surface area (TPSA) is 94.8 Å². The predicted molar refractivity (Wildman–Crippen MR) is 120 cm³/mol. The first-order valence-corrected chi connectivity index (χ1v) is 10.5. The van der Waals surface area contributed by atoms with Gasteiger partial charge in [0.05, 0.1) is 12.2 Å². The number of benzene rings is 1. The van der Waals surface area contributed by atoms with Gasteiger partial charge in [-0.3, -0.25) is 19.0 Å². The molecular formula is C24H24N4O4. The predicted octanol–water partition coefficient (Wildman–Crippen LogP) is 3.24. The van der Waals surface area contributed by atoms with Crippen LogP contribution in [0.3, 0.4) is 0 Å². The van der Waals surface area contributed by atoms with Crippen LogP contribution in [0.2, 0.25) is 0 Å². The standard InChI is InChI=1S/C24H24N4O4/c1-3-31-24(32-4-2)16-8-9-17-14-25-19(12-18(17)11-16)15-26-23(30)20-13-22(29)28-10-6-5-7-21(28)27-20/h5-14,24H,3-4,15H2,1-2H3,(H,26,30). The van der Waals surface area contributed by atoms with Crippen molar-refractivity contribution in [1.82, 2.24) is 19.7 Å². The fourth-order valence-corrected chi connectivity index (χ4v) is 3.42. The van der Waals surface area contributed by atoms with E-state index in [0.717, 1.165) is 16.3 Å². The quantitative estimate of drug-likeness (QED) is 0.430. The minimum absolute atomic E-state index is 0.0699. The third-order valence-electron chi connectivity index (χ3n) is 4.94. The molecule has 3 aromatic heterocycles. The largest absolute Gasteiger partial charge is 0.349 e. The van der Waals surface area contributed by atoms with Crippen LogP contribution in [-0.2, 0) is 16.0 Å². The highest BCUT2D eigenvalue weighted by molar-refractivity contribution is 5.92. The highest BCUT2D eigenvalue weighted by Crippen LogP contribution is 2.24. The lowest BCUT2D eigenvalue weighted by Gasteiger charge is -2.17. The van der Waals surface area contributed by atoms with E-state index in [-0.39, 0.29) is 17.8 Å². The molecule has 3 heterocycles. The van der Waals surface area contributed by atoms with E-state index in [1.807, 2.05) is 38.1 Å². The van der Waals surface area contributed by atoms with Crippen molar-refractivity contribution in [3.05, 3.63) is 88.2 Å². The number of carbonyl (C=O) groups excluding carboxylic acids is 1. The molecule has 0 aliphatic heterocycles. The number of nitrogens with one attached hydrogen (secondary N) is 1. The number of hydrogen-bond donors (Lipinski definition) is 1. The molecule has 0 radical (unpaired) electrons. The second-order valence-corrected chi connectivity index (χ2v) is 7.12. The Hall–Kier alpha value is -3.62. The molecule has 8 heteroatoms. The second kappa shape index (κ2) is 9.67. The number of nitrogens with zero attached hydrogens (tertiary/aromatic N) is 3. The third kappa shape index (κ3) is 4.66. The molecule has 0 aliphatic rings. The lowest BCUT2D eigenvalue weighted by Crippen LogP contribution is -2.27. The number of carbonyl (C=O) groups is 1. The summed E-state index contributed by atoms with van der Waals surface area (Å²) in [5.74, 6) is -0.433. The van der Waals surface area contributed by atoms with Crippen LogP contribution in [0.4, 0.5) is 0 Å². The van der Waals surface area contributed by atoms with Gasteiger partial charge >= 0.3 is 0 Å². The van der Waals surface area contributed by atoms with Crippen LogP contribution >= 0.6 is 0 Å². The summed E-state index contributed by atoms with van der Waals surface area (Å²) >= 11 is 0. The van der Waals surface area contributed by atoms with E-state index in [2.05, 4.69) is 15.3 Å². The second-order valence-electron chi connectivity index (χ2n) is 7.12. The van der Waals surface area contributed by atoms with E-state index in [0.29, 0.717) is 24.6 Å². The van der Waals surface area contributed by atoms with Gasteiger partial charge in [0, 0.05) is 42.6 Å². The Morgan fingerprint density at radius 3 is 2.66 bits per heavy atom. The summed E-state index contributed by atoms with van der Waals surface area (Å²) in [6, 6.07) is 14.3. The van der Waals surface area contributed by atoms with Gasteiger partial charge in [0.1, 0.15) is 11.3 Å². The summed E-state index contributed by atoms with van der Waals surface area (Å²) in [4.78, 5) is 33.5. The maximum atomic E-state index is 12.6. The number of hydrogen-bond acceptors (Lipinski definition) is 6. The van der Waals surface area contributed by atoms with Gasteiger partial charge in [0.25, 0.3) is 11.5 Å². The highest BCUT2D eigenvalue weighted by atomic mass is 16.7. The maximum absolute atomic E-state index is 12.6. The first kappa shape index (κ1) is 21.6. The summed E-state index contributed by atoms with van der Waals surface area (Å²) < 4.78 is 12.8. The number of aromatic nitrogens is 3. The molecule has 1 aromatic carbocycles. The molecule has 4 aromatic rings. The van der Waals surface area contributed by atoms with Gasteiger partial charge in [-0.05, 0) is 43.5 Å². The van der Waals surface area contributed by atoms with E-state index in [9.17, 15) is 9.59 Å². The Morgan fingerprint density at radius 2 is 1.88 bits per heavy atom. The molecule has 4 rings (SSSR count). The normalized spacial score (nSPS) is 11.3. The van der Waals surface area contributed by atoms with Crippen molar-refractivity contribution >= 4 is 22.3 Å². The minimum Gasteiger partial charge on any atom is -0.349 e. The molecule has 1 N–H and O–H groups in total. The number of pyridine rings is 2. The molecule has 0 bridgehead atoms. The summed E-state index contributed by atoms with van der Waals surface area (Å²) in [5.41, 5.74) is 1.78. The lowest BCUT2D eigenvalue weighted by molar-refractivity contribution is -0.140. The van der Waals surface area contributed by atoms with Gasteiger partial charge in [-0.1, -0.05) is 18.2 Å². The van der Waals surface area contributed by atoms with Gasteiger partial charge in [0.15, 0.2) is 6.29 Å². The molecule has 0 saturated heterocycles. The number of amides is 1. The molecule has 1 amide bonds. The molecule has 0 fully saturated rings. The van der Waals surface area contributed by atoms with Crippen molar-refractivity contribution in [2.75, 3.05) is 13.2 Å². The summed E-state index contributed by atoms with van der Waals surface area (Å²) in [6.07, 6.45) is 2.95. The molecule has 32 heavy (non-hydrogen) atoms. The van der Waals surface area contributed by atoms with Gasteiger partial charge < -0.3 is 14.8 Å². The van der Waals surface area contributed by atoms with E-state index >= 15 is 0 Å². The first-order chi connectivity index (χ1) is 15.6. The summed E-state index contributed by atoms with van der Waals surface area (Å²) in [7, 11) is 0. The lowest BCUT2D eigenvalue weighted by atomic mass is 10.1. The number of fused-ring (bicyclic) bond motifs is 2. The molecule has 0 aliphatic carbocycles. The third-order valence-corrected chi connectivity index (χ3v) is 4.94. The zero-order valence-corrected chi connectivity index (χ0v) is 17.9. The Labute approximate surface area is 184 Å². The number of ether oxygens (including phenoxy) is 2. The number of rotatable bonds is 8. The van der Waals surface area contributed by atoms with Gasteiger partial charge in [-0.15, -0.1) is 0 Å². The summed E-state index contributed by atoms with van der Waals surface area (Å²) in [6.45, 7) is 5.15. The van der Waals surface area contributed by atoms with Crippen LogP contribution < -0.4 is 10.9 Å². The van der Waals surface area contributed by atoms with Crippen LogP contribution in [0.5, 0.6) is 0 Å². The maximum Gasteiger partial charge on any atom is 0.270 e. The van der Waals surface area contributed by atoms with Gasteiger partial charge in [-0.25, -0.2) is 4.98 Å². The van der Waals surface area contributed by atoms with Crippen molar-refractivity contribution in [3.63, 3.8) is 0 Å². The fraction of sp³-hybridized carbons (Fsp3) is 0.250. The van der Waals surface area contributed by atoms with Crippen molar-refractivity contribution in [1.29, 1.82) is 0 Å². The van der Waals surface area contributed by atoms with Crippen molar-refractivity contribution < 1.29 is 14.3 Å². The zero-order chi connectivity index (χ0) is 22.5. The molecule has 0 saturated carbocycles. The summed E-state index contributed by atoms with van der Waals surface area (Å²) in [5, 5.41) is 4.73. The molecule has 8 nitrogen and oxygen atoms in total.